The summed E-state index contributed by atoms with van der Waals surface area (Å²) in [7, 11) is 0. The maximum absolute atomic E-state index is 12.8. The standard InChI is InChI=1S/C30H27N5O2/c1-2-28(36)35-11-10-22(17-35)26-14-23(12-24-15-31-18-33-29(24)26)21-8-9-27(32-16-21)30(37)34-25-5-3-4-20(13-25)19-6-7-19/h2-5,8-9,12-16,18-19,22H,1,6-7,10-11,17H2,(H,34,37). The first-order valence-corrected chi connectivity index (χ1v) is 12.6. The molecule has 3 heterocycles. The van der Waals surface area contributed by atoms with Crippen molar-refractivity contribution >= 4 is 28.4 Å². The van der Waals surface area contributed by atoms with Crippen LogP contribution in [0.15, 0.2) is 79.9 Å². The number of pyridine rings is 1. The molecule has 37 heavy (non-hydrogen) atoms. The maximum atomic E-state index is 12.8. The molecule has 1 aliphatic heterocycles. The molecule has 6 rings (SSSR count). The maximum Gasteiger partial charge on any atom is 0.274 e. The smallest absolute Gasteiger partial charge is 0.274 e. The lowest BCUT2D eigenvalue weighted by Crippen LogP contribution is -2.26. The topological polar surface area (TPSA) is 88.1 Å². The number of amides is 2. The molecule has 2 amide bonds. The Bertz CT molecular complexity index is 1510. The summed E-state index contributed by atoms with van der Waals surface area (Å²) in [5, 5.41) is 3.90. The van der Waals surface area contributed by atoms with Crippen molar-refractivity contribution in [2.75, 3.05) is 18.4 Å². The predicted octanol–water partition coefficient (Wildman–Crippen LogP) is 5.32. The van der Waals surface area contributed by atoms with E-state index in [0.717, 1.165) is 39.7 Å². The minimum Gasteiger partial charge on any atom is -0.339 e. The molecule has 2 fully saturated rings. The van der Waals surface area contributed by atoms with Crippen LogP contribution in [0.5, 0.6) is 0 Å². The molecule has 4 aromatic rings. The lowest BCUT2D eigenvalue weighted by molar-refractivity contribution is -0.125. The van der Waals surface area contributed by atoms with Crippen LogP contribution in [0.4, 0.5) is 5.69 Å². The Morgan fingerprint density at radius 2 is 1.86 bits per heavy atom. The zero-order chi connectivity index (χ0) is 25.4. The first-order chi connectivity index (χ1) is 18.1. The van der Waals surface area contributed by atoms with Gasteiger partial charge >= 0.3 is 0 Å². The number of likely N-dealkylation sites (tertiary alicyclic amines) is 1. The van der Waals surface area contributed by atoms with Crippen LogP contribution >= 0.6 is 0 Å². The van der Waals surface area contributed by atoms with Gasteiger partial charge in [0.25, 0.3) is 5.91 Å². The highest BCUT2D eigenvalue weighted by Gasteiger charge is 2.28. The average molecular weight is 490 g/mol. The molecule has 1 aliphatic carbocycles. The Hall–Kier alpha value is -4.39. The SMILES string of the molecule is C=CC(=O)N1CCC(c2cc(-c3ccc(C(=O)Nc4cccc(C5CC5)c4)nc3)cc3cncnc23)C1. The van der Waals surface area contributed by atoms with Gasteiger partial charge in [-0.1, -0.05) is 24.8 Å². The van der Waals surface area contributed by atoms with E-state index in [2.05, 4.69) is 45.0 Å². The van der Waals surface area contributed by atoms with Gasteiger partial charge in [-0.05, 0) is 78.3 Å². The van der Waals surface area contributed by atoms with Gasteiger partial charge in [0.1, 0.15) is 12.0 Å². The van der Waals surface area contributed by atoms with Crippen molar-refractivity contribution < 1.29 is 9.59 Å². The normalized spacial score (nSPS) is 17.1. The monoisotopic (exact) mass is 489 g/mol. The Morgan fingerprint density at radius 1 is 0.973 bits per heavy atom. The number of hydrogen-bond donors (Lipinski definition) is 1. The zero-order valence-corrected chi connectivity index (χ0v) is 20.4. The molecule has 0 radical (unpaired) electrons. The molecule has 2 aromatic carbocycles. The summed E-state index contributed by atoms with van der Waals surface area (Å²) in [6.45, 7) is 4.94. The van der Waals surface area contributed by atoms with Crippen molar-refractivity contribution in [1.29, 1.82) is 0 Å². The van der Waals surface area contributed by atoms with Crippen molar-refractivity contribution in [3.05, 3.63) is 96.7 Å². The number of carbonyl (C=O) groups is 2. The molecular formula is C30H27N5O2. The number of benzene rings is 2. The van der Waals surface area contributed by atoms with E-state index in [1.165, 1.54) is 24.5 Å². The molecule has 1 saturated carbocycles. The van der Waals surface area contributed by atoms with Crippen LogP contribution in [0.25, 0.3) is 22.0 Å². The second-order valence-electron chi connectivity index (χ2n) is 9.79. The van der Waals surface area contributed by atoms with Crippen molar-refractivity contribution in [2.24, 2.45) is 0 Å². The van der Waals surface area contributed by atoms with Gasteiger partial charge in [-0.3, -0.25) is 14.6 Å². The lowest BCUT2D eigenvalue weighted by Gasteiger charge is -2.17. The predicted molar refractivity (Wildman–Crippen MR) is 143 cm³/mol. The number of nitrogens with one attached hydrogen (secondary N) is 1. The minimum absolute atomic E-state index is 0.0464. The van der Waals surface area contributed by atoms with Crippen molar-refractivity contribution in [3.63, 3.8) is 0 Å². The summed E-state index contributed by atoms with van der Waals surface area (Å²) in [6, 6.07) is 15.9. The second-order valence-corrected chi connectivity index (χ2v) is 9.79. The molecule has 0 spiro atoms. The minimum atomic E-state index is -0.231. The number of carbonyl (C=O) groups excluding carboxylic acids is 2. The van der Waals surface area contributed by atoms with E-state index < -0.39 is 0 Å². The highest BCUT2D eigenvalue weighted by Crippen LogP contribution is 2.40. The fourth-order valence-corrected chi connectivity index (χ4v) is 5.13. The van der Waals surface area contributed by atoms with E-state index in [4.69, 9.17) is 0 Å². The first-order valence-electron chi connectivity index (χ1n) is 12.6. The van der Waals surface area contributed by atoms with Crippen LogP contribution < -0.4 is 5.32 Å². The molecule has 7 nitrogen and oxygen atoms in total. The molecule has 2 aliphatic rings. The Kier molecular flexibility index (Phi) is 5.96. The van der Waals surface area contributed by atoms with Gasteiger partial charge in [0.15, 0.2) is 0 Å². The molecule has 1 unspecified atom stereocenters. The van der Waals surface area contributed by atoms with E-state index >= 15 is 0 Å². The number of anilines is 1. The van der Waals surface area contributed by atoms with Crippen molar-refractivity contribution in [2.45, 2.75) is 31.1 Å². The Morgan fingerprint density at radius 3 is 2.65 bits per heavy atom. The number of nitrogens with zero attached hydrogens (tertiary/aromatic N) is 4. The van der Waals surface area contributed by atoms with E-state index in [-0.39, 0.29) is 17.7 Å². The third kappa shape index (κ3) is 4.72. The average Bonchev–Trinajstić information content (AvgIpc) is 3.68. The number of rotatable bonds is 6. The molecule has 0 bridgehead atoms. The van der Waals surface area contributed by atoms with Gasteiger partial charge in [0.05, 0.1) is 5.52 Å². The van der Waals surface area contributed by atoms with E-state index in [0.29, 0.717) is 24.7 Å². The fourth-order valence-electron chi connectivity index (χ4n) is 5.13. The highest BCUT2D eigenvalue weighted by molar-refractivity contribution is 6.03. The molecule has 2 aromatic heterocycles. The van der Waals surface area contributed by atoms with Crippen LogP contribution in [0.2, 0.25) is 0 Å². The molecule has 7 heteroatoms. The largest absolute Gasteiger partial charge is 0.339 e. The fraction of sp³-hybridized carbons (Fsp3) is 0.233. The zero-order valence-electron chi connectivity index (χ0n) is 20.4. The first kappa shape index (κ1) is 23.0. The molecule has 184 valence electrons. The van der Waals surface area contributed by atoms with Gasteiger partial charge in [0, 0.05) is 48.0 Å². The van der Waals surface area contributed by atoms with Crippen molar-refractivity contribution in [1.82, 2.24) is 19.9 Å². The van der Waals surface area contributed by atoms with Crippen LogP contribution in [-0.2, 0) is 4.79 Å². The van der Waals surface area contributed by atoms with Gasteiger partial charge in [-0.2, -0.15) is 0 Å². The Balaban J connectivity index is 1.25. The van der Waals surface area contributed by atoms with Crippen LogP contribution in [0, 0.1) is 0 Å². The van der Waals surface area contributed by atoms with E-state index in [1.807, 2.05) is 35.4 Å². The number of aromatic nitrogens is 3. The second kappa shape index (κ2) is 9.58. The summed E-state index contributed by atoms with van der Waals surface area (Å²) < 4.78 is 0. The number of fused-ring (bicyclic) bond motifs is 1. The van der Waals surface area contributed by atoms with Gasteiger partial charge in [-0.15, -0.1) is 0 Å². The Labute approximate surface area is 215 Å². The third-order valence-electron chi connectivity index (χ3n) is 7.27. The van der Waals surface area contributed by atoms with Crippen LogP contribution in [-0.4, -0.2) is 44.8 Å². The quantitative estimate of drug-likeness (QED) is 0.370. The summed E-state index contributed by atoms with van der Waals surface area (Å²) in [6.07, 6.45) is 9.76. The number of hydrogen-bond acceptors (Lipinski definition) is 5. The highest BCUT2D eigenvalue weighted by atomic mass is 16.2. The summed E-state index contributed by atoms with van der Waals surface area (Å²) in [5.74, 6) is 0.520. The van der Waals surface area contributed by atoms with E-state index in [1.54, 1.807) is 18.6 Å². The third-order valence-corrected chi connectivity index (χ3v) is 7.27. The lowest BCUT2D eigenvalue weighted by atomic mass is 9.92. The molecule has 1 atom stereocenters. The summed E-state index contributed by atoms with van der Waals surface area (Å²) >= 11 is 0. The van der Waals surface area contributed by atoms with E-state index in [9.17, 15) is 9.59 Å². The van der Waals surface area contributed by atoms with Crippen LogP contribution in [0.1, 0.15) is 52.7 Å². The van der Waals surface area contributed by atoms with Gasteiger partial charge in [0.2, 0.25) is 5.91 Å². The molecule has 1 saturated heterocycles. The molecular weight excluding hydrogens is 462 g/mol. The molecule has 1 N–H and O–H groups in total. The van der Waals surface area contributed by atoms with Crippen LogP contribution in [0.3, 0.4) is 0 Å². The van der Waals surface area contributed by atoms with Gasteiger partial charge < -0.3 is 10.2 Å². The summed E-state index contributed by atoms with van der Waals surface area (Å²) in [5.41, 5.74) is 6.29. The van der Waals surface area contributed by atoms with Crippen molar-refractivity contribution in [3.8, 4) is 11.1 Å². The van der Waals surface area contributed by atoms with Gasteiger partial charge in [-0.25, -0.2) is 9.97 Å². The summed E-state index contributed by atoms with van der Waals surface area (Å²) in [4.78, 5) is 40.0.